The third-order valence-electron chi connectivity index (χ3n) is 4.27. The lowest BCUT2D eigenvalue weighted by molar-refractivity contribution is 0.0983. The Morgan fingerprint density at radius 1 is 1.27 bits per heavy atom. The van der Waals surface area contributed by atoms with Crippen LogP contribution in [0.25, 0.3) is 0 Å². The van der Waals surface area contributed by atoms with Gasteiger partial charge in [-0.2, -0.15) is 0 Å². The van der Waals surface area contributed by atoms with Crippen LogP contribution in [0.5, 0.6) is 0 Å². The van der Waals surface area contributed by atoms with E-state index in [-0.39, 0.29) is 29.1 Å². The summed E-state index contributed by atoms with van der Waals surface area (Å²) in [5.74, 6) is 0.310. The van der Waals surface area contributed by atoms with Crippen molar-refractivity contribution in [2.24, 2.45) is 0 Å². The smallest absolute Gasteiger partial charge is 0.277 e. The zero-order valence-corrected chi connectivity index (χ0v) is 15.7. The van der Waals surface area contributed by atoms with E-state index in [1.54, 1.807) is 17.9 Å². The van der Waals surface area contributed by atoms with Gasteiger partial charge in [-0.1, -0.05) is 18.2 Å². The lowest BCUT2D eigenvalue weighted by Crippen LogP contribution is -2.32. The Labute approximate surface area is 153 Å². The number of anilines is 2. The van der Waals surface area contributed by atoms with Crippen LogP contribution in [0.2, 0.25) is 0 Å². The van der Waals surface area contributed by atoms with E-state index in [0.29, 0.717) is 24.6 Å². The standard InChI is InChI=1S/C18H22N4O3S/c1-3-22(15-7-5-4-6-8-15)17(23)16-11-13(2)19-18(21-16)20-14-9-10-26(24,25)12-14/h4-8,11,14H,3,9-10,12H2,1-2H3,(H,19,20,21). The summed E-state index contributed by atoms with van der Waals surface area (Å²) in [7, 11) is -3.00. The minimum absolute atomic E-state index is 0.0681. The molecule has 26 heavy (non-hydrogen) atoms. The molecule has 1 fully saturated rings. The zero-order valence-electron chi connectivity index (χ0n) is 14.8. The van der Waals surface area contributed by atoms with Gasteiger partial charge >= 0.3 is 0 Å². The number of hydrogen-bond donors (Lipinski definition) is 1. The van der Waals surface area contributed by atoms with E-state index in [9.17, 15) is 13.2 Å². The van der Waals surface area contributed by atoms with Crippen LogP contribution in [-0.4, -0.2) is 48.4 Å². The summed E-state index contributed by atoms with van der Waals surface area (Å²) in [6, 6.07) is 10.8. The fourth-order valence-electron chi connectivity index (χ4n) is 3.02. The molecule has 0 aliphatic carbocycles. The molecule has 2 heterocycles. The number of nitrogens with zero attached hydrogens (tertiary/aromatic N) is 3. The Bertz CT molecular complexity index is 900. The number of benzene rings is 1. The van der Waals surface area contributed by atoms with Crippen LogP contribution in [0.4, 0.5) is 11.6 Å². The molecule has 1 atom stereocenters. The van der Waals surface area contributed by atoms with Crippen LogP contribution in [0.3, 0.4) is 0 Å². The van der Waals surface area contributed by atoms with Crippen LogP contribution < -0.4 is 10.2 Å². The minimum atomic E-state index is -3.00. The van der Waals surface area contributed by atoms with Crippen molar-refractivity contribution >= 4 is 27.4 Å². The molecule has 0 saturated carbocycles. The van der Waals surface area contributed by atoms with Crippen LogP contribution in [0.1, 0.15) is 29.5 Å². The number of carbonyl (C=O) groups is 1. The molecular weight excluding hydrogens is 352 g/mol. The second-order valence-electron chi connectivity index (χ2n) is 6.35. The van der Waals surface area contributed by atoms with Crippen molar-refractivity contribution < 1.29 is 13.2 Å². The summed E-state index contributed by atoms with van der Waals surface area (Å²) < 4.78 is 23.2. The second kappa shape index (κ2) is 7.41. The normalized spacial score (nSPS) is 18.5. The Balaban J connectivity index is 1.83. The largest absolute Gasteiger partial charge is 0.350 e. The maximum atomic E-state index is 12.9. The molecule has 1 amide bonds. The molecule has 0 spiro atoms. The monoisotopic (exact) mass is 374 g/mol. The van der Waals surface area contributed by atoms with Crippen LogP contribution in [-0.2, 0) is 9.84 Å². The van der Waals surface area contributed by atoms with E-state index in [0.717, 1.165) is 5.69 Å². The summed E-state index contributed by atoms with van der Waals surface area (Å²) in [4.78, 5) is 23.2. The fraction of sp³-hybridized carbons (Fsp3) is 0.389. The third kappa shape index (κ3) is 4.19. The number of aromatic nitrogens is 2. The molecule has 1 N–H and O–H groups in total. The molecule has 2 aromatic rings. The van der Waals surface area contributed by atoms with Gasteiger partial charge in [-0.15, -0.1) is 0 Å². The molecule has 1 aromatic carbocycles. The maximum Gasteiger partial charge on any atom is 0.277 e. The topological polar surface area (TPSA) is 92.3 Å². The number of sulfone groups is 1. The molecule has 7 nitrogen and oxygen atoms in total. The minimum Gasteiger partial charge on any atom is -0.350 e. The number of para-hydroxylation sites is 1. The Hall–Kier alpha value is -2.48. The number of aryl methyl sites for hydroxylation is 1. The van der Waals surface area contributed by atoms with Gasteiger partial charge in [0.15, 0.2) is 9.84 Å². The summed E-state index contributed by atoms with van der Waals surface area (Å²) in [6.07, 6.45) is 0.522. The first-order valence-electron chi connectivity index (χ1n) is 8.57. The maximum absolute atomic E-state index is 12.9. The molecule has 138 valence electrons. The highest BCUT2D eigenvalue weighted by atomic mass is 32.2. The molecular formula is C18H22N4O3S. The van der Waals surface area contributed by atoms with Crippen molar-refractivity contribution in [2.75, 3.05) is 28.3 Å². The van der Waals surface area contributed by atoms with Gasteiger partial charge in [0.25, 0.3) is 5.91 Å². The summed E-state index contributed by atoms with van der Waals surface area (Å²) in [6.45, 7) is 4.20. The van der Waals surface area contributed by atoms with Gasteiger partial charge in [0, 0.05) is 24.0 Å². The van der Waals surface area contributed by atoms with Crippen molar-refractivity contribution in [2.45, 2.75) is 26.3 Å². The highest BCUT2D eigenvalue weighted by molar-refractivity contribution is 7.91. The average Bonchev–Trinajstić information content (AvgIpc) is 2.94. The number of carbonyl (C=O) groups excluding carboxylic acids is 1. The molecule has 1 aliphatic heterocycles. The summed E-state index contributed by atoms with van der Waals surface area (Å²) in [5, 5.41) is 3.06. The molecule has 1 saturated heterocycles. The third-order valence-corrected chi connectivity index (χ3v) is 6.04. The van der Waals surface area contributed by atoms with Gasteiger partial charge in [0.1, 0.15) is 5.69 Å². The average molecular weight is 374 g/mol. The molecule has 0 bridgehead atoms. The second-order valence-corrected chi connectivity index (χ2v) is 8.58. The molecule has 3 rings (SSSR count). The van der Waals surface area contributed by atoms with Crippen LogP contribution in [0.15, 0.2) is 36.4 Å². The fourth-order valence-corrected chi connectivity index (χ4v) is 4.70. The number of nitrogens with one attached hydrogen (secondary N) is 1. The molecule has 8 heteroatoms. The highest BCUT2D eigenvalue weighted by Crippen LogP contribution is 2.19. The Morgan fingerprint density at radius 3 is 2.62 bits per heavy atom. The first-order chi connectivity index (χ1) is 12.4. The van der Waals surface area contributed by atoms with Crippen LogP contribution >= 0.6 is 0 Å². The molecule has 1 unspecified atom stereocenters. The number of rotatable bonds is 5. The van der Waals surface area contributed by atoms with E-state index < -0.39 is 9.84 Å². The van der Waals surface area contributed by atoms with Gasteiger partial charge in [-0.3, -0.25) is 4.79 Å². The Kier molecular flexibility index (Phi) is 5.22. The van der Waals surface area contributed by atoms with Gasteiger partial charge in [0.2, 0.25) is 5.95 Å². The molecule has 0 radical (unpaired) electrons. The van der Waals surface area contributed by atoms with E-state index in [2.05, 4.69) is 15.3 Å². The van der Waals surface area contributed by atoms with Crippen molar-refractivity contribution in [3.8, 4) is 0 Å². The number of hydrogen-bond acceptors (Lipinski definition) is 6. The Morgan fingerprint density at radius 2 is 2.00 bits per heavy atom. The first kappa shape index (κ1) is 18.3. The van der Waals surface area contributed by atoms with Crippen molar-refractivity contribution in [1.29, 1.82) is 0 Å². The SMILES string of the molecule is CCN(C(=O)c1cc(C)nc(NC2CCS(=O)(=O)C2)n1)c1ccccc1. The first-order valence-corrected chi connectivity index (χ1v) is 10.4. The highest BCUT2D eigenvalue weighted by Gasteiger charge is 2.28. The van der Waals surface area contributed by atoms with Gasteiger partial charge < -0.3 is 10.2 Å². The van der Waals surface area contributed by atoms with Gasteiger partial charge in [-0.05, 0) is 38.5 Å². The van der Waals surface area contributed by atoms with Crippen molar-refractivity contribution in [3.63, 3.8) is 0 Å². The van der Waals surface area contributed by atoms with E-state index >= 15 is 0 Å². The summed E-state index contributed by atoms with van der Waals surface area (Å²) in [5.41, 5.74) is 1.73. The molecule has 1 aliphatic rings. The predicted octanol–water partition coefficient (Wildman–Crippen LogP) is 2.05. The van der Waals surface area contributed by atoms with E-state index in [4.69, 9.17) is 0 Å². The number of amides is 1. The predicted molar refractivity (Wildman–Crippen MR) is 101 cm³/mol. The molecule has 1 aromatic heterocycles. The van der Waals surface area contributed by atoms with Gasteiger partial charge in [-0.25, -0.2) is 18.4 Å². The quantitative estimate of drug-likeness (QED) is 0.861. The van der Waals surface area contributed by atoms with Crippen molar-refractivity contribution in [3.05, 3.63) is 47.8 Å². The lowest BCUT2D eigenvalue weighted by Gasteiger charge is -2.21. The van der Waals surface area contributed by atoms with E-state index in [1.807, 2.05) is 37.3 Å². The van der Waals surface area contributed by atoms with Gasteiger partial charge in [0.05, 0.1) is 11.5 Å². The van der Waals surface area contributed by atoms with E-state index in [1.165, 1.54) is 0 Å². The summed E-state index contributed by atoms with van der Waals surface area (Å²) >= 11 is 0. The van der Waals surface area contributed by atoms with Crippen molar-refractivity contribution in [1.82, 2.24) is 9.97 Å². The lowest BCUT2D eigenvalue weighted by atomic mass is 10.2. The van der Waals surface area contributed by atoms with Crippen LogP contribution in [0, 0.1) is 6.92 Å². The zero-order chi connectivity index (χ0) is 18.7.